The molecule has 0 spiro atoms. The molecule has 1 aromatic carbocycles. The highest BCUT2D eigenvalue weighted by atomic mass is 16.7. The van der Waals surface area contributed by atoms with Gasteiger partial charge in [-0.3, -0.25) is 0 Å². The maximum absolute atomic E-state index is 5.34. The van der Waals surface area contributed by atoms with Crippen LogP contribution in [0.3, 0.4) is 0 Å². The second kappa shape index (κ2) is 5.24. The molecule has 2 heterocycles. The lowest BCUT2D eigenvalue weighted by Gasteiger charge is -2.10. The monoisotopic (exact) mass is 272 g/mol. The third-order valence-electron chi connectivity index (χ3n) is 2.72. The summed E-state index contributed by atoms with van der Waals surface area (Å²) in [5, 5.41) is 6.39. The fourth-order valence-corrected chi connectivity index (χ4v) is 1.90. The highest BCUT2D eigenvalue weighted by molar-refractivity contribution is 5.60. The Hall–Kier alpha value is -2.50. The zero-order valence-electron chi connectivity index (χ0n) is 11.4. The molecule has 0 aliphatic carbocycles. The van der Waals surface area contributed by atoms with Gasteiger partial charge in [-0.05, 0) is 32.0 Å². The number of anilines is 3. The van der Waals surface area contributed by atoms with Gasteiger partial charge >= 0.3 is 0 Å². The fraction of sp³-hybridized carbons (Fsp3) is 0.286. The summed E-state index contributed by atoms with van der Waals surface area (Å²) in [6.45, 7) is 4.39. The van der Waals surface area contributed by atoms with Crippen LogP contribution in [0.2, 0.25) is 0 Å². The second-order valence-electron chi connectivity index (χ2n) is 4.76. The molecule has 2 N–H and O–H groups in total. The summed E-state index contributed by atoms with van der Waals surface area (Å²) in [7, 11) is 0. The van der Waals surface area contributed by atoms with Crippen LogP contribution in [0.25, 0.3) is 0 Å². The molecule has 6 heteroatoms. The molecule has 0 amide bonds. The van der Waals surface area contributed by atoms with Gasteiger partial charge < -0.3 is 20.1 Å². The Morgan fingerprint density at radius 2 is 2.00 bits per heavy atom. The Bertz CT molecular complexity index is 616. The molecule has 2 aromatic rings. The number of hydrogen-bond donors (Lipinski definition) is 2. The molecule has 3 rings (SSSR count). The van der Waals surface area contributed by atoms with E-state index < -0.39 is 0 Å². The minimum atomic E-state index is 0.267. The summed E-state index contributed by atoms with van der Waals surface area (Å²) >= 11 is 0. The van der Waals surface area contributed by atoms with Crippen LogP contribution in [-0.4, -0.2) is 22.8 Å². The predicted octanol–water partition coefficient (Wildman–Crippen LogP) is 2.77. The minimum Gasteiger partial charge on any atom is -0.454 e. The van der Waals surface area contributed by atoms with Gasteiger partial charge in [-0.2, -0.15) is 4.98 Å². The number of benzene rings is 1. The normalized spacial score (nSPS) is 12.6. The average molecular weight is 272 g/mol. The maximum atomic E-state index is 5.34. The second-order valence-corrected chi connectivity index (χ2v) is 4.76. The Balaban J connectivity index is 1.77. The van der Waals surface area contributed by atoms with Gasteiger partial charge in [0.05, 0.1) is 0 Å². The fourth-order valence-electron chi connectivity index (χ4n) is 1.90. The van der Waals surface area contributed by atoms with E-state index in [0.29, 0.717) is 12.0 Å². The molecule has 0 radical (unpaired) electrons. The average Bonchev–Trinajstić information content (AvgIpc) is 2.85. The zero-order valence-corrected chi connectivity index (χ0v) is 11.4. The van der Waals surface area contributed by atoms with Crippen molar-refractivity contribution in [3.8, 4) is 11.5 Å². The van der Waals surface area contributed by atoms with Crippen LogP contribution >= 0.6 is 0 Å². The maximum Gasteiger partial charge on any atom is 0.231 e. The largest absolute Gasteiger partial charge is 0.454 e. The zero-order chi connectivity index (χ0) is 13.9. The van der Waals surface area contributed by atoms with Crippen molar-refractivity contribution >= 4 is 17.5 Å². The lowest BCUT2D eigenvalue weighted by molar-refractivity contribution is 0.174. The first-order chi connectivity index (χ1) is 9.70. The van der Waals surface area contributed by atoms with E-state index in [9.17, 15) is 0 Å². The van der Waals surface area contributed by atoms with Crippen molar-refractivity contribution in [3.63, 3.8) is 0 Å². The first-order valence-corrected chi connectivity index (χ1v) is 6.47. The topological polar surface area (TPSA) is 68.3 Å². The number of ether oxygens (including phenoxy) is 2. The van der Waals surface area contributed by atoms with E-state index in [-0.39, 0.29) is 6.79 Å². The van der Waals surface area contributed by atoms with Gasteiger partial charge in [0.1, 0.15) is 5.82 Å². The third kappa shape index (κ3) is 2.74. The van der Waals surface area contributed by atoms with Crippen LogP contribution in [0.1, 0.15) is 13.8 Å². The Morgan fingerprint density at radius 1 is 1.15 bits per heavy atom. The molecule has 20 heavy (non-hydrogen) atoms. The van der Waals surface area contributed by atoms with Crippen LogP contribution in [-0.2, 0) is 0 Å². The number of nitrogens with one attached hydrogen (secondary N) is 2. The SMILES string of the molecule is CC(C)Nc1ccnc(Nc2ccc3c(c2)OCO3)n1. The van der Waals surface area contributed by atoms with Crippen molar-refractivity contribution in [2.75, 3.05) is 17.4 Å². The molecule has 1 aliphatic heterocycles. The van der Waals surface area contributed by atoms with Gasteiger partial charge in [-0.15, -0.1) is 0 Å². The summed E-state index contributed by atoms with van der Waals surface area (Å²) in [4.78, 5) is 8.60. The first-order valence-electron chi connectivity index (χ1n) is 6.47. The smallest absolute Gasteiger partial charge is 0.231 e. The van der Waals surface area contributed by atoms with Crippen molar-refractivity contribution in [3.05, 3.63) is 30.5 Å². The van der Waals surface area contributed by atoms with E-state index in [4.69, 9.17) is 9.47 Å². The number of nitrogens with zero attached hydrogens (tertiary/aromatic N) is 2. The first kappa shape index (κ1) is 12.5. The Kier molecular flexibility index (Phi) is 3.28. The minimum absolute atomic E-state index is 0.267. The summed E-state index contributed by atoms with van der Waals surface area (Å²) < 4.78 is 10.6. The van der Waals surface area contributed by atoms with Gasteiger partial charge in [-0.1, -0.05) is 0 Å². The highest BCUT2D eigenvalue weighted by Crippen LogP contribution is 2.34. The van der Waals surface area contributed by atoms with E-state index >= 15 is 0 Å². The Labute approximate surface area is 117 Å². The molecule has 1 aliphatic rings. The van der Waals surface area contributed by atoms with Crippen LogP contribution in [0.4, 0.5) is 17.5 Å². The van der Waals surface area contributed by atoms with Crippen LogP contribution in [0, 0.1) is 0 Å². The molecule has 0 saturated heterocycles. The van der Waals surface area contributed by atoms with Crippen LogP contribution < -0.4 is 20.1 Å². The molecule has 0 fully saturated rings. The van der Waals surface area contributed by atoms with Crippen molar-refractivity contribution < 1.29 is 9.47 Å². The molecule has 0 unspecified atom stereocenters. The number of aromatic nitrogens is 2. The van der Waals surface area contributed by atoms with Gasteiger partial charge in [0.25, 0.3) is 0 Å². The quantitative estimate of drug-likeness (QED) is 0.892. The van der Waals surface area contributed by atoms with E-state index in [1.54, 1.807) is 6.20 Å². The van der Waals surface area contributed by atoms with Gasteiger partial charge in [0.15, 0.2) is 11.5 Å². The number of rotatable bonds is 4. The van der Waals surface area contributed by atoms with Crippen LogP contribution in [0.15, 0.2) is 30.5 Å². The standard InChI is InChI=1S/C14H16N4O2/c1-9(2)16-13-5-6-15-14(18-13)17-10-3-4-11-12(7-10)20-8-19-11/h3-7,9H,8H2,1-2H3,(H2,15,16,17,18). The number of hydrogen-bond acceptors (Lipinski definition) is 6. The molecule has 6 nitrogen and oxygen atoms in total. The predicted molar refractivity (Wildman–Crippen MR) is 76.6 cm³/mol. The Morgan fingerprint density at radius 3 is 2.85 bits per heavy atom. The third-order valence-corrected chi connectivity index (χ3v) is 2.72. The summed E-state index contributed by atoms with van der Waals surface area (Å²) in [5.41, 5.74) is 0.857. The number of fused-ring (bicyclic) bond motifs is 1. The van der Waals surface area contributed by atoms with Crippen LogP contribution in [0.5, 0.6) is 11.5 Å². The van der Waals surface area contributed by atoms with Crippen molar-refractivity contribution in [1.82, 2.24) is 9.97 Å². The molecule has 0 atom stereocenters. The van der Waals surface area contributed by atoms with E-state index in [2.05, 4.69) is 34.4 Å². The molecular weight excluding hydrogens is 256 g/mol. The summed E-state index contributed by atoms with van der Waals surface area (Å²) in [5.74, 6) is 2.81. The molecular formula is C14H16N4O2. The molecule has 0 bridgehead atoms. The highest BCUT2D eigenvalue weighted by Gasteiger charge is 2.13. The molecule has 104 valence electrons. The van der Waals surface area contributed by atoms with E-state index in [0.717, 1.165) is 23.0 Å². The van der Waals surface area contributed by atoms with E-state index in [1.165, 1.54) is 0 Å². The van der Waals surface area contributed by atoms with Gasteiger partial charge in [0.2, 0.25) is 12.7 Å². The lowest BCUT2D eigenvalue weighted by Crippen LogP contribution is -2.11. The summed E-state index contributed by atoms with van der Waals surface area (Å²) in [6, 6.07) is 7.79. The van der Waals surface area contributed by atoms with Crippen molar-refractivity contribution in [2.45, 2.75) is 19.9 Å². The summed E-state index contributed by atoms with van der Waals surface area (Å²) in [6.07, 6.45) is 1.72. The van der Waals surface area contributed by atoms with Gasteiger partial charge in [-0.25, -0.2) is 4.98 Å². The van der Waals surface area contributed by atoms with Gasteiger partial charge in [0, 0.05) is 24.0 Å². The molecule has 0 saturated carbocycles. The van der Waals surface area contributed by atoms with E-state index in [1.807, 2.05) is 24.3 Å². The van der Waals surface area contributed by atoms with Crippen molar-refractivity contribution in [2.24, 2.45) is 0 Å². The van der Waals surface area contributed by atoms with Crippen molar-refractivity contribution in [1.29, 1.82) is 0 Å². The molecule has 1 aromatic heterocycles. The lowest BCUT2D eigenvalue weighted by atomic mass is 10.3.